The normalized spacial score (nSPS) is 10.7. The first-order valence-electron chi connectivity index (χ1n) is 7.75. The largest absolute Gasteiger partial charge is 0.497 e. The molecule has 0 aliphatic carbocycles. The van der Waals surface area contributed by atoms with Gasteiger partial charge in [-0.25, -0.2) is 9.78 Å². The summed E-state index contributed by atoms with van der Waals surface area (Å²) in [7, 11) is 1.62. The Labute approximate surface area is 140 Å². The van der Waals surface area contributed by atoms with Gasteiger partial charge in [0.25, 0.3) is 0 Å². The van der Waals surface area contributed by atoms with Gasteiger partial charge < -0.3 is 14.4 Å². The molecule has 0 radical (unpaired) electrons. The molecule has 1 aromatic heterocycles. The number of benzene rings is 1. The summed E-state index contributed by atoms with van der Waals surface area (Å²) in [5, 5.41) is 10.1. The molecule has 0 aliphatic rings. The third-order valence-electron chi connectivity index (χ3n) is 3.56. The molecule has 0 bridgehead atoms. The van der Waals surface area contributed by atoms with Crippen molar-refractivity contribution in [1.82, 2.24) is 9.55 Å². The van der Waals surface area contributed by atoms with Gasteiger partial charge in [0.15, 0.2) is 5.69 Å². The van der Waals surface area contributed by atoms with E-state index in [0.717, 1.165) is 35.7 Å². The topological polar surface area (TPSA) is 64.3 Å². The SMILES string of the molecule is CCCCc1nc(Sc2ccc(OC)cc2)c(C(=O)O)n1CC. The molecule has 1 aromatic carbocycles. The standard InChI is InChI=1S/C17H22N2O3S/c1-4-6-7-14-18-16(15(17(20)21)19(14)5-2)23-13-10-8-12(22-3)9-11-13/h8-11H,4-7H2,1-3H3,(H,20,21). The minimum absolute atomic E-state index is 0.277. The number of methoxy groups -OCH3 is 1. The van der Waals surface area contributed by atoms with Gasteiger partial charge in [-0.3, -0.25) is 0 Å². The smallest absolute Gasteiger partial charge is 0.355 e. The minimum atomic E-state index is -0.932. The van der Waals surface area contributed by atoms with Crippen molar-refractivity contribution in [2.45, 2.75) is 49.6 Å². The number of ether oxygens (including phenoxy) is 1. The number of hydrogen-bond acceptors (Lipinski definition) is 4. The van der Waals surface area contributed by atoms with E-state index in [0.29, 0.717) is 11.6 Å². The van der Waals surface area contributed by atoms with E-state index in [-0.39, 0.29) is 5.69 Å². The van der Waals surface area contributed by atoms with Crippen molar-refractivity contribution in [3.8, 4) is 5.75 Å². The Morgan fingerprint density at radius 3 is 2.52 bits per heavy atom. The molecule has 0 unspecified atom stereocenters. The number of aromatic carboxylic acids is 1. The molecule has 2 rings (SSSR count). The van der Waals surface area contributed by atoms with E-state index in [1.165, 1.54) is 11.8 Å². The molecule has 2 aromatic rings. The zero-order chi connectivity index (χ0) is 16.8. The highest BCUT2D eigenvalue weighted by atomic mass is 32.2. The van der Waals surface area contributed by atoms with Gasteiger partial charge in [0.2, 0.25) is 0 Å². The molecule has 1 heterocycles. The van der Waals surface area contributed by atoms with Crippen LogP contribution in [0.1, 0.15) is 43.0 Å². The summed E-state index contributed by atoms with van der Waals surface area (Å²) in [6, 6.07) is 7.53. The Kier molecular flexibility index (Phi) is 6.10. The van der Waals surface area contributed by atoms with Crippen LogP contribution in [0.5, 0.6) is 5.75 Å². The number of carbonyl (C=O) groups is 1. The van der Waals surface area contributed by atoms with E-state index >= 15 is 0 Å². The first-order chi connectivity index (χ1) is 11.1. The second-order valence-corrected chi connectivity index (χ2v) is 6.17. The molecule has 0 saturated heterocycles. The van der Waals surface area contributed by atoms with Gasteiger partial charge in [-0.05, 0) is 37.6 Å². The molecule has 1 N–H and O–H groups in total. The monoisotopic (exact) mass is 334 g/mol. The zero-order valence-corrected chi connectivity index (χ0v) is 14.5. The first-order valence-corrected chi connectivity index (χ1v) is 8.56. The van der Waals surface area contributed by atoms with Gasteiger partial charge in [0.1, 0.15) is 16.6 Å². The Morgan fingerprint density at radius 1 is 1.30 bits per heavy atom. The number of carboxylic acid groups (broad SMARTS) is 1. The molecule has 124 valence electrons. The predicted octanol–water partition coefficient (Wildman–Crippen LogP) is 4.10. The zero-order valence-electron chi connectivity index (χ0n) is 13.7. The van der Waals surface area contributed by atoms with Crippen molar-refractivity contribution in [3.63, 3.8) is 0 Å². The summed E-state index contributed by atoms with van der Waals surface area (Å²) in [5.41, 5.74) is 0.277. The van der Waals surface area contributed by atoms with E-state index in [1.54, 1.807) is 7.11 Å². The Balaban J connectivity index is 2.35. The number of aromatic nitrogens is 2. The van der Waals surface area contributed by atoms with Crippen LogP contribution in [-0.4, -0.2) is 27.7 Å². The van der Waals surface area contributed by atoms with E-state index < -0.39 is 5.97 Å². The van der Waals surface area contributed by atoms with Crippen LogP contribution < -0.4 is 4.74 Å². The molecular weight excluding hydrogens is 312 g/mol. The quantitative estimate of drug-likeness (QED) is 0.787. The van der Waals surface area contributed by atoms with Crippen LogP contribution in [-0.2, 0) is 13.0 Å². The lowest BCUT2D eigenvalue weighted by Gasteiger charge is -2.06. The highest BCUT2D eigenvalue weighted by molar-refractivity contribution is 7.99. The first kappa shape index (κ1) is 17.4. The second kappa shape index (κ2) is 8.06. The van der Waals surface area contributed by atoms with E-state index in [2.05, 4.69) is 11.9 Å². The summed E-state index contributed by atoms with van der Waals surface area (Å²) >= 11 is 1.38. The molecule has 0 aliphatic heterocycles. The van der Waals surface area contributed by atoms with E-state index in [1.807, 2.05) is 35.8 Å². The molecule has 5 nitrogen and oxygen atoms in total. The van der Waals surface area contributed by atoms with Crippen molar-refractivity contribution in [2.75, 3.05) is 7.11 Å². The van der Waals surface area contributed by atoms with Gasteiger partial charge in [-0.15, -0.1) is 0 Å². The maximum absolute atomic E-state index is 11.7. The van der Waals surface area contributed by atoms with Crippen LogP contribution in [0.3, 0.4) is 0 Å². The lowest BCUT2D eigenvalue weighted by molar-refractivity contribution is 0.0680. The summed E-state index contributed by atoms with van der Waals surface area (Å²) < 4.78 is 6.95. The number of rotatable bonds is 8. The fourth-order valence-electron chi connectivity index (χ4n) is 2.37. The van der Waals surface area contributed by atoms with Gasteiger partial charge in [0.05, 0.1) is 7.11 Å². The van der Waals surface area contributed by atoms with Gasteiger partial charge in [0, 0.05) is 17.9 Å². The lowest BCUT2D eigenvalue weighted by Crippen LogP contribution is -2.10. The maximum atomic E-state index is 11.7. The fraction of sp³-hybridized carbons (Fsp3) is 0.412. The molecule has 23 heavy (non-hydrogen) atoms. The van der Waals surface area contributed by atoms with Crippen LogP contribution in [0.25, 0.3) is 0 Å². The van der Waals surface area contributed by atoms with Crippen LogP contribution in [0.15, 0.2) is 34.2 Å². The molecule has 0 spiro atoms. The average Bonchev–Trinajstić information content (AvgIpc) is 2.91. The van der Waals surface area contributed by atoms with Crippen LogP contribution in [0, 0.1) is 0 Å². The lowest BCUT2D eigenvalue weighted by atomic mass is 10.2. The van der Waals surface area contributed by atoms with Gasteiger partial charge in [-0.2, -0.15) is 0 Å². The van der Waals surface area contributed by atoms with E-state index in [4.69, 9.17) is 4.74 Å². The van der Waals surface area contributed by atoms with Crippen molar-refractivity contribution in [1.29, 1.82) is 0 Å². The van der Waals surface area contributed by atoms with Gasteiger partial charge in [-0.1, -0.05) is 25.1 Å². The molecule has 0 atom stereocenters. The number of hydrogen-bond donors (Lipinski definition) is 1. The van der Waals surface area contributed by atoms with Gasteiger partial charge >= 0.3 is 5.97 Å². The Hall–Kier alpha value is -1.95. The number of imidazole rings is 1. The highest BCUT2D eigenvalue weighted by Gasteiger charge is 2.22. The molecule has 0 saturated carbocycles. The summed E-state index contributed by atoms with van der Waals surface area (Å²) in [6.45, 7) is 4.67. The predicted molar refractivity (Wildman–Crippen MR) is 90.6 cm³/mol. The Bertz CT molecular complexity index is 665. The van der Waals surface area contributed by atoms with Crippen molar-refractivity contribution in [2.24, 2.45) is 0 Å². The highest BCUT2D eigenvalue weighted by Crippen LogP contribution is 2.32. The number of carboxylic acids is 1. The van der Waals surface area contributed by atoms with Crippen LogP contribution >= 0.6 is 11.8 Å². The Morgan fingerprint density at radius 2 is 2.00 bits per heavy atom. The van der Waals surface area contributed by atoms with E-state index in [9.17, 15) is 9.90 Å². The summed E-state index contributed by atoms with van der Waals surface area (Å²) in [5.74, 6) is 0.691. The number of aryl methyl sites for hydroxylation is 1. The summed E-state index contributed by atoms with van der Waals surface area (Å²) in [4.78, 5) is 17.2. The molecule has 0 amide bonds. The maximum Gasteiger partial charge on any atom is 0.355 e. The van der Waals surface area contributed by atoms with Crippen LogP contribution in [0.2, 0.25) is 0 Å². The van der Waals surface area contributed by atoms with Crippen LogP contribution in [0.4, 0.5) is 0 Å². The minimum Gasteiger partial charge on any atom is -0.497 e. The van der Waals surface area contributed by atoms with Crippen molar-refractivity contribution < 1.29 is 14.6 Å². The number of unbranched alkanes of at least 4 members (excludes halogenated alkanes) is 1. The van der Waals surface area contributed by atoms with Crippen molar-refractivity contribution >= 4 is 17.7 Å². The second-order valence-electron chi connectivity index (χ2n) is 5.11. The fourth-order valence-corrected chi connectivity index (χ4v) is 3.32. The third-order valence-corrected chi connectivity index (χ3v) is 4.55. The average molecular weight is 334 g/mol. The molecule has 6 heteroatoms. The third kappa shape index (κ3) is 4.07. The molecule has 0 fully saturated rings. The number of nitrogens with zero attached hydrogens (tertiary/aromatic N) is 2. The summed E-state index contributed by atoms with van der Waals surface area (Å²) in [6.07, 6.45) is 2.86. The molecular formula is C17H22N2O3S. The van der Waals surface area contributed by atoms with Crippen molar-refractivity contribution in [3.05, 3.63) is 35.8 Å².